The van der Waals surface area contributed by atoms with Gasteiger partial charge in [-0.3, -0.25) is 9.59 Å². The number of carboxylic acid groups (broad SMARTS) is 1. The van der Waals surface area contributed by atoms with E-state index in [1.165, 1.54) is 0 Å². The summed E-state index contributed by atoms with van der Waals surface area (Å²) in [7, 11) is 0. The van der Waals surface area contributed by atoms with Crippen LogP contribution in [0.4, 0.5) is 0 Å². The second kappa shape index (κ2) is 16.1. The largest absolute Gasteiger partial charge is 0.481 e. The molecule has 3 nitrogen and oxygen atoms in total. The minimum atomic E-state index is -0.713. The molecule has 0 amide bonds. The van der Waals surface area contributed by atoms with E-state index >= 15 is 0 Å². The molecule has 0 aromatic heterocycles. The predicted molar refractivity (Wildman–Crippen MR) is 91.5 cm³/mol. The zero-order chi connectivity index (χ0) is 16.8. The van der Waals surface area contributed by atoms with Gasteiger partial charge in [0, 0.05) is 35.8 Å². The van der Waals surface area contributed by atoms with Gasteiger partial charge in [0.05, 0.1) is 0 Å². The van der Waals surface area contributed by atoms with Crippen molar-refractivity contribution in [3.63, 3.8) is 0 Å². The van der Waals surface area contributed by atoms with E-state index in [-0.39, 0.29) is 29.3 Å². The van der Waals surface area contributed by atoms with Gasteiger partial charge in [-0.1, -0.05) is 25.7 Å². The van der Waals surface area contributed by atoms with E-state index in [2.05, 4.69) is 0 Å². The van der Waals surface area contributed by atoms with Crippen molar-refractivity contribution >= 4 is 11.8 Å². The summed E-state index contributed by atoms with van der Waals surface area (Å²) < 4.78 is 0. The molecule has 0 atom stereocenters. The van der Waals surface area contributed by atoms with Gasteiger partial charge in [-0.15, -0.1) is 0 Å². The first-order valence-corrected chi connectivity index (χ1v) is 8.33. The molecular weight excluding hydrogens is 344 g/mol. The first kappa shape index (κ1) is 23.7. The van der Waals surface area contributed by atoms with Crippen LogP contribution in [0.2, 0.25) is 0 Å². The summed E-state index contributed by atoms with van der Waals surface area (Å²) in [5.74, 6) is 0.331. The minimum absolute atomic E-state index is 0. The Labute approximate surface area is 158 Å². The Morgan fingerprint density at radius 1 is 0.667 bits per heavy atom. The Balaban J connectivity index is 0.000000751. The predicted octanol–water partition coefficient (Wildman–Crippen LogP) is 4.19. The number of carboxylic acids is 1. The third kappa shape index (κ3) is 13.0. The number of unbranched alkanes of at least 4 members (excludes halogenated alkanes) is 5. The molecule has 0 spiro atoms. The summed E-state index contributed by atoms with van der Waals surface area (Å²) in [5.41, 5.74) is 0. The number of hydrogen-bond donors (Lipinski definition) is 1. The Morgan fingerprint density at radius 2 is 1.08 bits per heavy atom. The summed E-state index contributed by atoms with van der Waals surface area (Å²) in [6.07, 6.45) is 24.3. The minimum Gasteiger partial charge on any atom is -0.481 e. The average Bonchev–Trinajstić information content (AvgIpc) is 3.25. The zero-order valence-corrected chi connectivity index (χ0v) is 15.1. The van der Waals surface area contributed by atoms with Crippen LogP contribution in [0, 0.1) is 63.7 Å². The van der Waals surface area contributed by atoms with Crippen molar-refractivity contribution in [2.24, 2.45) is 0 Å². The fourth-order valence-corrected chi connectivity index (χ4v) is 2.29. The van der Waals surface area contributed by atoms with Crippen molar-refractivity contribution in [2.75, 3.05) is 0 Å². The second-order valence-electron chi connectivity index (χ2n) is 5.57. The van der Waals surface area contributed by atoms with Gasteiger partial charge in [0.1, 0.15) is 5.78 Å². The summed E-state index contributed by atoms with van der Waals surface area (Å²) in [6.45, 7) is 0. The van der Waals surface area contributed by atoms with E-state index in [9.17, 15) is 9.59 Å². The van der Waals surface area contributed by atoms with E-state index in [1.807, 2.05) is 57.8 Å². The van der Waals surface area contributed by atoms with Crippen LogP contribution in [-0.4, -0.2) is 16.9 Å². The molecule has 2 saturated carbocycles. The maximum atomic E-state index is 11.7. The van der Waals surface area contributed by atoms with Crippen molar-refractivity contribution in [3.8, 4) is 0 Å². The maximum Gasteiger partial charge on any atom is 0.303 e. The molecule has 0 aromatic carbocycles. The van der Waals surface area contributed by atoms with Crippen molar-refractivity contribution in [3.05, 3.63) is 63.7 Å². The van der Waals surface area contributed by atoms with Crippen LogP contribution in [0.3, 0.4) is 0 Å². The molecule has 24 heavy (non-hydrogen) atoms. The molecule has 132 valence electrons. The normalized spacial score (nSPS) is 17.0. The van der Waals surface area contributed by atoms with Crippen LogP contribution in [-0.2, 0) is 26.7 Å². The number of carbonyl (C=O) groups is 2. The Bertz CT molecular complexity index is 313. The number of rotatable bonds is 10. The topological polar surface area (TPSA) is 54.4 Å². The molecule has 0 aliphatic heterocycles. The summed E-state index contributed by atoms with van der Waals surface area (Å²) in [6, 6.07) is 0. The van der Waals surface area contributed by atoms with Gasteiger partial charge < -0.3 is 5.11 Å². The monoisotopic (exact) mass is 370 g/mol. The van der Waals surface area contributed by atoms with Crippen LogP contribution in [0.25, 0.3) is 0 Å². The molecule has 0 unspecified atom stereocenters. The molecule has 1 N–H and O–H groups in total. The molecule has 10 radical (unpaired) electrons. The Morgan fingerprint density at radius 3 is 1.54 bits per heavy atom. The molecule has 4 heteroatoms. The second-order valence-corrected chi connectivity index (χ2v) is 5.57. The molecule has 2 aliphatic carbocycles. The zero-order valence-electron chi connectivity index (χ0n) is 14.0. The fourth-order valence-electron chi connectivity index (χ4n) is 2.29. The fraction of sp³-hybridized carbons (Fsp3) is 0.400. The standard InChI is InChI=1S/C15H21O3.C5H5.Fe/c16-14(13-9-7-8-10-13)11-5-3-1-2-4-6-12-15(17)18;1-2-4-5-3-1;/h7-10H,1-6,11-12H2,(H,17,18);1-5H;. The number of hydrogen-bond acceptors (Lipinski definition) is 2. The number of ketones is 1. The summed E-state index contributed by atoms with van der Waals surface area (Å²) in [4.78, 5) is 21.9. The molecular formula is C20H26FeO3. The van der Waals surface area contributed by atoms with Crippen LogP contribution >= 0.6 is 0 Å². The first-order valence-electron chi connectivity index (χ1n) is 8.33. The third-order valence-electron chi connectivity index (χ3n) is 3.58. The number of aliphatic carboxylic acids is 1. The Kier molecular flexibility index (Phi) is 15.9. The first-order chi connectivity index (χ1) is 11.2. The average molecular weight is 370 g/mol. The molecule has 2 rings (SSSR count). The third-order valence-corrected chi connectivity index (χ3v) is 3.58. The van der Waals surface area contributed by atoms with Crippen LogP contribution in [0.15, 0.2) is 0 Å². The van der Waals surface area contributed by atoms with Crippen molar-refractivity contribution in [1.82, 2.24) is 0 Å². The van der Waals surface area contributed by atoms with Crippen molar-refractivity contribution < 1.29 is 31.8 Å². The van der Waals surface area contributed by atoms with E-state index in [4.69, 9.17) is 5.11 Å². The number of carbonyl (C=O) groups excluding carboxylic acids is 1. The molecule has 2 fully saturated rings. The van der Waals surface area contributed by atoms with E-state index in [0.717, 1.165) is 44.4 Å². The molecule has 2 aliphatic rings. The smallest absolute Gasteiger partial charge is 0.303 e. The van der Waals surface area contributed by atoms with Gasteiger partial charge in [0.15, 0.2) is 0 Å². The SMILES string of the molecule is O=C(O)CCCCCCCCC(=O)[C]1[CH][CH][CH][CH]1.[CH]1[CH][CH][CH][CH]1.[Fe]. The van der Waals surface area contributed by atoms with Crippen LogP contribution in [0.1, 0.15) is 51.4 Å². The van der Waals surface area contributed by atoms with E-state index in [0.29, 0.717) is 6.42 Å². The summed E-state index contributed by atoms with van der Waals surface area (Å²) >= 11 is 0. The van der Waals surface area contributed by atoms with Gasteiger partial charge in [0.25, 0.3) is 0 Å². The van der Waals surface area contributed by atoms with Crippen molar-refractivity contribution in [2.45, 2.75) is 51.4 Å². The van der Waals surface area contributed by atoms with Gasteiger partial charge in [0.2, 0.25) is 0 Å². The molecule has 0 saturated heterocycles. The molecule has 0 aromatic rings. The van der Waals surface area contributed by atoms with Gasteiger partial charge in [-0.2, -0.15) is 0 Å². The van der Waals surface area contributed by atoms with Crippen LogP contribution < -0.4 is 0 Å². The van der Waals surface area contributed by atoms with Gasteiger partial charge in [-0.05, 0) is 70.6 Å². The summed E-state index contributed by atoms with van der Waals surface area (Å²) in [5, 5.41) is 8.47. The van der Waals surface area contributed by atoms with E-state index < -0.39 is 5.97 Å². The van der Waals surface area contributed by atoms with Crippen molar-refractivity contribution in [1.29, 1.82) is 0 Å². The number of Topliss-reactive ketones (excluding diaryl/α,β-unsaturated/α-hetero) is 1. The van der Waals surface area contributed by atoms with Gasteiger partial charge >= 0.3 is 5.97 Å². The molecule has 0 bridgehead atoms. The quantitative estimate of drug-likeness (QED) is 0.464. The van der Waals surface area contributed by atoms with Gasteiger partial charge in [-0.25, -0.2) is 0 Å². The Hall–Kier alpha value is -0.341. The molecule has 0 heterocycles. The maximum absolute atomic E-state index is 11.7. The van der Waals surface area contributed by atoms with Crippen LogP contribution in [0.5, 0.6) is 0 Å². The van der Waals surface area contributed by atoms with E-state index in [1.54, 1.807) is 0 Å².